The Kier molecular flexibility index (Phi) is 6.10. The van der Waals surface area contributed by atoms with Crippen LogP contribution >= 0.6 is 0 Å². The monoisotopic (exact) mass is 385 g/mol. The minimum absolute atomic E-state index is 0.384. The number of tetrazole rings is 1. The highest BCUT2D eigenvalue weighted by molar-refractivity contribution is 5.49. The molecule has 0 amide bonds. The van der Waals surface area contributed by atoms with Crippen molar-refractivity contribution in [3.05, 3.63) is 30.1 Å². The summed E-state index contributed by atoms with van der Waals surface area (Å²) in [5.74, 6) is 2.01. The molecule has 2 heterocycles. The van der Waals surface area contributed by atoms with Crippen molar-refractivity contribution >= 4 is 5.69 Å². The second-order valence-corrected chi connectivity index (χ2v) is 8.08. The maximum absolute atomic E-state index is 5.28. The van der Waals surface area contributed by atoms with E-state index in [0.717, 1.165) is 44.2 Å². The van der Waals surface area contributed by atoms with Crippen molar-refractivity contribution in [1.29, 1.82) is 0 Å². The molecule has 1 saturated heterocycles. The molecule has 0 unspecified atom stereocenters. The summed E-state index contributed by atoms with van der Waals surface area (Å²) < 4.78 is 7.44. The lowest BCUT2D eigenvalue weighted by atomic mass is 9.95. The molecule has 1 aliphatic carbocycles. The van der Waals surface area contributed by atoms with Gasteiger partial charge in [-0.05, 0) is 47.5 Å². The van der Waals surface area contributed by atoms with Crippen LogP contribution in [0.1, 0.15) is 63.4 Å². The number of nitrogens with zero attached hydrogens (tertiary/aromatic N) is 5. The average molecular weight is 386 g/mol. The van der Waals surface area contributed by atoms with Gasteiger partial charge >= 0.3 is 0 Å². The van der Waals surface area contributed by atoms with E-state index in [1.165, 1.54) is 37.8 Å². The number of piperazine rings is 1. The Hall–Kier alpha value is -2.15. The quantitative estimate of drug-likeness (QED) is 0.825. The first kappa shape index (κ1) is 19.2. The predicted molar refractivity (Wildman–Crippen MR) is 109 cm³/mol. The zero-order chi connectivity index (χ0) is 19.3. The SMILES string of the molecule is CC[C@H](c1nnnn1C1CCCCC1)[NH+]1CCN(c2ccc(OC)cc2)CC1. The standard InChI is InChI=1S/C21H32N6O/c1-3-20(21-22-23-24-27(21)18-7-5-4-6-8-18)26-15-13-25(14-16-26)17-9-11-19(28-2)12-10-17/h9-12,18,20H,3-8,13-16H2,1-2H3/p+1/t20-/m1/s1. The number of ether oxygens (including phenoxy) is 1. The Balaban J connectivity index is 1.42. The Morgan fingerprint density at radius 2 is 1.82 bits per heavy atom. The van der Waals surface area contributed by atoms with Crippen molar-refractivity contribution in [3.63, 3.8) is 0 Å². The summed E-state index contributed by atoms with van der Waals surface area (Å²) in [6.07, 6.45) is 7.46. The zero-order valence-corrected chi connectivity index (χ0v) is 17.2. The van der Waals surface area contributed by atoms with E-state index in [-0.39, 0.29) is 0 Å². The molecule has 1 aliphatic heterocycles. The van der Waals surface area contributed by atoms with Crippen molar-refractivity contribution in [2.75, 3.05) is 38.2 Å². The molecule has 1 saturated carbocycles. The van der Waals surface area contributed by atoms with Crippen LogP contribution in [0.25, 0.3) is 0 Å². The van der Waals surface area contributed by atoms with Crippen molar-refractivity contribution in [2.24, 2.45) is 0 Å². The van der Waals surface area contributed by atoms with Crippen LogP contribution in [0.3, 0.4) is 0 Å². The molecule has 7 nitrogen and oxygen atoms in total. The molecule has 0 spiro atoms. The van der Waals surface area contributed by atoms with E-state index in [1.807, 2.05) is 12.1 Å². The van der Waals surface area contributed by atoms with Gasteiger partial charge in [0.1, 0.15) is 11.8 Å². The van der Waals surface area contributed by atoms with Crippen LogP contribution in [-0.2, 0) is 0 Å². The largest absolute Gasteiger partial charge is 0.497 e. The molecule has 1 aromatic heterocycles. The van der Waals surface area contributed by atoms with E-state index in [2.05, 4.69) is 44.2 Å². The van der Waals surface area contributed by atoms with E-state index in [1.54, 1.807) is 12.0 Å². The van der Waals surface area contributed by atoms with Gasteiger partial charge in [-0.1, -0.05) is 26.2 Å². The van der Waals surface area contributed by atoms with Crippen LogP contribution in [0.5, 0.6) is 5.75 Å². The number of anilines is 1. The summed E-state index contributed by atoms with van der Waals surface area (Å²) in [6, 6.07) is 9.28. The van der Waals surface area contributed by atoms with Crippen LogP contribution in [0, 0.1) is 0 Å². The molecule has 2 fully saturated rings. The zero-order valence-electron chi connectivity index (χ0n) is 17.2. The molecule has 0 bridgehead atoms. The van der Waals surface area contributed by atoms with Crippen LogP contribution in [0.15, 0.2) is 24.3 Å². The topological polar surface area (TPSA) is 60.5 Å². The minimum atomic E-state index is 0.384. The Bertz CT molecular complexity index is 732. The number of hydrogen-bond acceptors (Lipinski definition) is 5. The van der Waals surface area contributed by atoms with Crippen LogP contribution in [-0.4, -0.2) is 53.5 Å². The molecule has 152 valence electrons. The fraction of sp³-hybridized carbons (Fsp3) is 0.667. The lowest BCUT2D eigenvalue weighted by molar-refractivity contribution is -0.933. The molecule has 28 heavy (non-hydrogen) atoms. The first-order valence-corrected chi connectivity index (χ1v) is 10.8. The van der Waals surface area contributed by atoms with Crippen LogP contribution < -0.4 is 14.5 Å². The molecule has 1 N–H and O–H groups in total. The second kappa shape index (κ2) is 8.90. The van der Waals surface area contributed by atoms with Gasteiger partial charge in [0.05, 0.1) is 39.3 Å². The molecule has 1 aromatic carbocycles. The molecular formula is C21H33N6O+. The number of benzene rings is 1. The summed E-state index contributed by atoms with van der Waals surface area (Å²) >= 11 is 0. The third-order valence-corrected chi connectivity index (χ3v) is 6.49. The molecule has 2 aromatic rings. The van der Waals surface area contributed by atoms with Gasteiger partial charge in [0.2, 0.25) is 5.82 Å². The summed E-state index contributed by atoms with van der Waals surface area (Å²) in [6.45, 7) is 6.61. The summed E-state index contributed by atoms with van der Waals surface area (Å²) in [5.41, 5.74) is 1.28. The first-order valence-electron chi connectivity index (χ1n) is 10.8. The van der Waals surface area contributed by atoms with Gasteiger partial charge in [0.15, 0.2) is 0 Å². The first-order chi connectivity index (χ1) is 13.8. The molecule has 0 radical (unpaired) electrons. The highest BCUT2D eigenvalue weighted by Gasteiger charge is 2.33. The van der Waals surface area contributed by atoms with Gasteiger partial charge in [-0.3, -0.25) is 0 Å². The normalized spacial score (nSPS) is 20.3. The van der Waals surface area contributed by atoms with Crippen molar-refractivity contribution in [2.45, 2.75) is 57.5 Å². The van der Waals surface area contributed by atoms with Gasteiger partial charge in [0.25, 0.3) is 0 Å². The number of hydrogen-bond donors (Lipinski definition) is 1. The number of aromatic nitrogens is 4. The summed E-state index contributed by atoms with van der Waals surface area (Å²) in [5, 5.41) is 13.0. The number of methoxy groups -OCH3 is 1. The Labute approximate surface area is 167 Å². The minimum Gasteiger partial charge on any atom is -0.497 e. The van der Waals surface area contributed by atoms with E-state index in [9.17, 15) is 0 Å². The average Bonchev–Trinajstić information content (AvgIpc) is 3.25. The molecular weight excluding hydrogens is 352 g/mol. The third-order valence-electron chi connectivity index (χ3n) is 6.49. The van der Waals surface area contributed by atoms with Gasteiger partial charge in [-0.25, -0.2) is 4.68 Å². The van der Waals surface area contributed by atoms with Gasteiger partial charge < -0.3 is 14.5 Å². The highest BCUT2D eigenvalue weighted by atomic mass is 16.5. The fourth-order valence-corrected chi connectivity index (χ4v) is 4.86. The molecule has 2 aliphatic rings. The molecule has 4 rings (SSSR count). The lowest BCUT2D eigenvalue weighted by Crippen LogP contribution is -3.15. The fourth-order valence-electron chi connectivity index (χ4n) is 4.86. The van der Waals surface area contributed by atoms with Crippen molar-refractivity contribution in [1.82, 2.24) is 20.2 Å². The van der Waals surface area contributed by atoms with Crippen molar-refractivity contribution in [3.8, 4) is 5.75 Å². The molecule has 1 atom stereocenters. The smallest absolute Gasteiger partial charge is 0.209 e. The Morgan fingerprint density at radius 1 is 1.11 bits per heavy atom. The molecule has 7 heteroatoms. The maximum atomic E-state index is 5.28. The number of nitrogens with one attached hydrogen (secondary N) is 1. The van der Waals surface area contributed by atoms with Crippen molar-refractivity contribution < 1.29 is 9.64 Å². The van der Waals surface area contributed by atoms with E-state index < -0.39 is 0 Å². The van der Waals surface area contributed by atoms with E-state index >= 15 is 0 Å². The van der Waals surface area contributed by atoms with Gasteiger partial charge in [-0.15, -0.1) is 5.10 Å². The van der Waals surface area contributed by atoms with Gasteiger partial charge in [0, 0.05) is 12.1 Å². The predicted octanol–water partition coefficient (Wildman–Crippen LogP) is 2.04. The van der Waals surface area contributed by atoms with E-state index in [4.69, 9.17) is 4.74 Å². The second-order valence-electron chi connectivity index (χ2n) is 8.08. The number of quaternary nitrogens is 1. The third kappa shape index (κ3) is 3.99. The highest BCUT2D eigenvalue weighted by Crippen LogP contribution is 2.29. The van der Waals surface area contributed by atoms with Crippen LogP contribution in [0.2, 0.25) is 0 Å². The Morgan fingerprint density at radius 3 is 2.46 bits per heavy atom. The lowest BCUT2D eigenvalue weighted by Gasteiger charge is -2.37. The maximum Gasteiger partial charge on any atom is 0.209 e. The number of rotatable bonds is 6. The summed E-state index contributed by atoms with van der Waals surface area (Å²) in [4.78, 5) is 4.08. The van der Waals surface area contributed by atoms with E-state index in [0.29, 0.717) is 12.1 Å². The van der Waals surface area contributed by atoms with Gasteiger partial charge in [-0.2, -0.15) is 0 Å². The van der Waals surface area contributed by atoms with Crippen LogP contribution in [0.4, 0.5) is 5.69 Å². The summed E-state index contributed by atoms with van der Waals surface area (Å²) in [7, 11) is 1.71.